The average Bonchev–Trinajstić information content (AvgIpc) is 2.83. The van der Waals surface area contributed by atoms with Gasteiger partial charge in [-0.3, -0.25) is 9.59 Å². The fraction of sp³-hybridized carbons (Fsp3) is 0.905. The number of carbonyl (C=O) groups is 2. The van der Waals surface area contributed by atoms with E-state index in [0.29, 0.717) is 23.0 Å². The van der Waals surface area contributed by atoms with Crippen molar-refractivity contribution >= 4 is 11.8 Å². The Bertz CT molecular complexity index is 555. The van der Waals surface area contributed by atoms with Crippen molar-refractivity contribution < 1.29 is 14.3 Å². The van der Waals surface area contributed by atoms with Gasteiger partial charge in [0.15, 0.2) is 0 Å². The summed E-state index contributed by atoms with van der Waals surface area (Å²) in [5.41, 5.74) is 0.381. The zero-order valence-electron chi connectivity index (χ0n) is 15.5. The zero-order chi connectivity index (χ0) is 17.1. The van der Waals surface area contributed by atoms with Crippen LogP contribution in [0.5, 0.6) is 0 Å². The molecule has 0 aliphatic heterocycles. The summed E-state index contributed by atoms with van der Waals surface area (Å²) in [6.07, 6.45) is 10.2. The van der Waals surface area contributed by atoms with E-state index in [1.54, 1.807) is 0 Å². The zero-order valence-corrected chi connectivity index (χ0v) is 15.5. The molecule has 3 heteroatoms. The molecule has 0 bridgehead atoms. The van der Waals surface area contributed by atoms with Gasteiger partial charge in [-0.2, -0.15) is 0 Å². The average molecular weight is 332 g/mol. The van der Waals surface area contributed by atoms with Crippen molar-refractivity contribution in [2.45, 2.75) is 84.7 Å². The predicted octanol–water partition coefficient (Wildman–Crippen LogP) is 4.53. The van der Waals surface area contributed by atoms with E-state index in [1.807, 2.05) is 0 Å². The lowest BCUT2D eigenvalue weighted by Crippen LogP contribution is -2.54. The van der Waals surface area contributed by atoms with Gasteiger partial charge in [0.2, 0.25) is 0 Å². The van der Waals surface area contributed by atoms with Crippen LogP contribution in [0.3, 0.4) is 0 Å². The molecule has 4 rings (SSSR count). The molecular weight excluding hydrogens is 300 g/mol. The summed E-state index contributed by atoms with van der Waals surface area (Å²) in [5, 5.41) is 0. The summed E-state index contributed by atoms with van der Waals surface area (Å²) in [6.45, 7) is 6.30. The van der Waals surface area contributed by atoms with Crippen LogP contribution in [0.1, 0.15) is 78.6 Å². The largest absolute Gasteiger partial charge is 0.463 e. The van der Waals surface area contributed by atoms with Crippen LogP contribution >= 0.6 is 0 Å². The first-order valence-electron chi connectivity index (χ1n) is 10.0. The lowest BCUT2D eigenvalue weighted by molar-refractivity contribution is -0.160. The van der Waals surface area contributed by atoms with E-state index in [4.69, 9.17) is 4.74 Å². The number of esters is 1. The molecule has 1 unspecified atom stereocenters. The molecule has 4 aliphatic carbocycles. The van der Waals surface area contributed by atoms with Crippen LogP contribution in [0.2, 0.25) is 0 Å². The second kappa shape index (κ2) is 5.57. The van der Waals surface area contributed by atoms with Crippen LogP contribution in [-0.4, -0.2) is 17.9 Å². The molecule has 0 amide bonds. The molecule has 4 saturated carbocycles. The molecule has 0 aromatic rings. The maximum Gasteiger partial charge on any atom is 0.302 e. The van der Waals surface area contributed by atoms with Gasteiger partial charge < -0.3 is 4.74 Å². The van der Waals surface area contributed by atoms with E-state index >= 15 is 0 Å². The molecule has 4 aliphatic rings. The normalized spacial score (nSPS) is 50.6. The molecule has 0 saturated heterocycles. The van der Waals surface area contributed by atoms with Gasteiger partial charge in [0.1, 0.15) is 11.9 Å². The number of ketones is 1. The van der Waals surface area contributed by atoms with Crippen LogP contribution in [0.25, 0.3) is 0 Å². The first-order chi connectivity index (χ1) is 11.3. The van der Waals surface area contributed by atoms with Crippen molar-refractivity contribution in [1.82, 2.24) is 0 Å². The molecule has 0 radical (unpaired) electrons. The Hall–Kier alpha value is -0.860. The first-order valence-corrected chi connectivity index (χ1v) is 10.0. The van der Waals surface area contributed by atoms with Gasteiger partial charge in [-0.15, -0.1) is 0 Å². The van der Waals surface area contributed by atoms with E-state index in [2.05, 4.69) is 13.8 Å². The molecule has 7 atom stereocenters. The molecule has 134 valence electrons. The van der Waals surface area contributed by atoms with Gasteiger partial charge in [-0.05, 0) is 80.5 Å². The van der Waals surface area contributed by atoms with Crippen LogP contribution in [0.4, 0.5) is 0 Å². The summed E-state index contributed by atoms with van der Waals surface area (Å²) < 4.78 is 5.54. The van der Waals surface area contributed by atoms with Crippen molar-refractivity contribution in [2.24, 2.45) is 34.5 Å². The Labute approximate surface area is 145 Å². The minimum atomic E-state index is -0.129. The van der Waals surface area contributed by atoms with Gasteiger partial charge in [-0.25, -0.2) is 0 Å². The topological polar surface area (TPSA) is 43.4 Å². The van der Waals surface area contributed by atoms with Crippen molar-refractivity contribution in [2.75, 3.05) is 0 Å². The van der Waals surface area contributed by atoms with E-state index in [-0.39, 0.29) is 17.5 Å². The molecule has 3 nitrogen and oxygen atoms in total. The Morgan fingerprint density at radius 1 is 1.04 bits per heavy atom. The van der Waals surface area contributed by atoms with Gasteiger partial charge in [0, 0.05) is 18.8 Å². The Balaban J connectivity index is 1.54. The van der Waals surface area contributed by atoms with Crippen molar-refractivity contribution in [1.29, 1.82) is 0 Å². The summed E-state index contributed by atoms with van der Waals surface area (Å²) in [7, 11) is 0. The first kappa shape index (κ1) is 16.6. The standard InChI is InChI=1S/C21H32O3/c1-13(22)24-15-8-10-20(2)14(12-15)4-5-16-17-6-7-19(23)21(17,3)11-9-18(16)20/h14-18H,4-12H2,1-3H3/t14?,15-,16-,17-,18-,20-,21-/m0/s1. The molecular formula is C21H32O3. The quantitative estimate of drug-likeness (QED) is 0.663. The number of carbonyl (C=O) groups excluding carboxylic acids is 2. The lowest BCUT2D eigenvalue weighted by Gasteiger charge is -2.60. The lowest BCUT2D eigenvalue weighted by atomic mass is 9.45. The highest BCUT2D eigenvalue weighted by atomic mass is 16.5. The van der Waals surface area contributed by atoms with Gasteiger partial charge in [-0.1, -0.05) is 13.8 Å². The van der Waals surface area contributed by atoms with E-state index in [9.17, 15) is 9.59 Å². The SMILES string of the molecule is CC(=O)O[C@H]1CC[C@@]2(C)C(CC[C@@H]3[C@@H]2CC[C@]2(C)C(=O)CC[C@@H]32)C1. The number of ether oxygens (including phenoxy) is 1. The van der Waals surface area contributed by atoms with Crippen LogP contribution in [0, 0.1) is 34.5 Å². The van der Waals surface area contributed by atoms with E-state index in [0.717, 1.165) is 43.9 Å². The fourth-order valence-electron chi connectivity index (χ4n) is 7.33. The predicted molar refractivity (Wildman–Crippen MR) is 92.3 cm³/mol. The Morgan fingerprint density at radius 2 is 1.83 bits per heavy atom. The van der Waals surface area contributed by atoms with E-state index in [1.165, 1.54) is 32.6 Å². The van der Waals surface area contributed by atoms with Crippen molar-refractivity contribution in [3.05, 3.63) is 0 Å². The highest BCUT2D eigenvalue weighted by Crippen LogP contribution is 2.65. The Morgan fingerprint density at radius 3 is 2.58 bits per heavy atom. The molecule has 0 aromatic heterocycles. The monoisotopic (exact) mass is 332 g/mol. The fourth-order valence-corrected chi connectivity index (χ4v) is 7.33. The second-order valence-electron chi connectivity index (χ2n) is 9.58. The summed E-state index contributed by atoms with van der Waals surface area (Å²) >= 11 is 0. The van der Waals surface area contributed by atoms with Crippen molar-refractivity contribution in [3.63, 3.8) is 0 Å². The van der Waals surface area contributed by atoms with Crippen LogP contribution in [0.15, 0.2) is 0 Å². The minimum absolute atomic E-state index is 0.0146. The van der Waals surface area contributed by atoms with E-state index < -0.39 is 0 Å². The molecule has 0 spiro atoms. The third kappa shape index (κ3) is 2.29. The summed E-state index contributed by atoms with van der Waals surface area (Å²) in [6, 6.07) is 0. The number of hydrogen-bond acceptors (Lipinski definition) is 3. The summed E-state index contributed by atoms with van der Waals surface area (Å²) in [4.78, 5) is 23.8. The summed E-state index contributed by atoms with van der Waals surface area (Å²) in [5.74, 6) is 3.26. The number of fused-ring (bicyclic) bond motifs is 5. The molecule has 0 N–H and O–H groups in total. The minimum Gasteiger partial charge on any atom is -0.463 e. The molecule has 0 heterocycles. The molecule has 0 aromatic carbocycles. The number of rotatable bonds is 1. The molecule has 4 fully saturated rings. The van der Waals surface area contributed by atoms with Gasteiger partial charge >= 0.3 is 5.97 Å². The smallest absolute Gasteiger partial charge is 0.302 e. The van der Waals surface area contributed by atoms with Crippen molar-refractivity contribution in [3.8, 4) is 0 Å². The number of hydrogen-bond donors (Lipinski definition) is 0. The second-order valence-corrected chi connectivity index (χ2v) is 9.58. The Kier molecular flexibility index (Phi) is 3.85. The highest BCUT2D eigenvalue weighted by Gasteiger charge is 2.60. The maximum absolute atomic E-state index is 12.5. The third-order valence-electron chi connectivity index (χ3n) is 8.66. The molecule has 24 heavy (non-hydrogen) atoms. The van der Waals surface area contributed by atoms with Gasteiger partial charge in [0.05, 0.1) is 0 Å². The van der Waals surface area contributed by atoms with Gasteiger partial charge in [0.25, 0.3) is 0 Å². The van der Waals surface area contributed by atoms with Crippen LogP contribution in [-0.2, 0) is 14.3 Å². The number of Topliss-reactive ketones (excluding diaryl/α,β-unsaturated/α-hetero) is 1. The highest BCUT2D eigenvalue weighted by molar-refractivity contribution is 5.87. The third-order valence-corrected chi connectivity index (χ3v) is 8.66. The maximum atomic E-state index is 12.5. The van der Waals surface area contributed by atoms with Crippen LogP contribution < -0.4 is 0 Å².